The first-order valence-electron chi connectivity index (χ1n) is 12.0. The topological polar surface area (TPSA) is 64.4 Å². The number of nitrogens with one attached hydrogen (secondary N) is 1. The third-order valence-electron chi connectivity index (χ3n) is 6.44. The number of benzene rings is 3. The Bertz CT molecular complexity index is 1620. The number of pyridine rings is 1. The summed E-state index contributed by atoms with van der Waals surface area (Å²) < 4.78 is 12.1. The molecule has 0 aliphatic rings. The zero-order chi connectivity index (χ0) is 25.2. The summed E-state index contributed by atoms with van der Waals surface area (Å²) in [4.78, 5) is 17.1. The Morgan fingerprint density at radius 3 is 2.64 bits per heavy atom. The van der Waals surface area contributed by atoms with E-state index in [1.807, 2.05) is 58.2 Å². The van der Waals surface area contributed by atoms with Crippen molar-refractivity contribution in [2.45, 2.75) is 27.7 Å². The first-order chi connectivity index (χ1) is 17.5. The summed E-state index contributed by atoms with van der Waals surface area (Å²) in [5.74, 6) is 1.03. The molecule has 2 heterocycles. The number of aryl methyl sites for hydroxylation is 2. The second-order valence-corrected chi connectivity index (χ2v) is 8.85. The first-order valence-corrected chi connectivity index (χ1v) is 12.0. The van der Waals surface area contributed by atoms with Gasteiger partial charge in [0.1, 0.15) is 17.2 Å². The van der Waals surface area contributed by atoms with Crippen molar-refractivity contribution in [1.82, 2.24) is 4.98 Å². The van der Waals surface area contributed by atoms with Crippen LogP contribution < -0.4 is 10.1 Å². The van der Waals surface area contributed by atoms with Gasteiger partial charge in [0.2, 0.25) is 5.91 Å². The van der Waals surface area contributed by atoms with Gasteiger partial charge in [-0.3, -0.25) is 4.79 Å². The highest BCUT2D eigenvalue weighted by Crippen LogP contribution is 2.42. The van der Waals surface area contributed by atoms with Crippen molar-refractivity contribution >= 4 is 39.0 Å². The molecule has 0 atom stereocenters. The molecule has 3 aromatic carbocycles. The van der Waals surface area contributed by atoms with Crippen molar-refractivity contribution in [1.29, 1.82) is 0 Å². The van der Waals surface area contributed by atoms with E-state index in [1.165, 1.54) is 5.39 Å². The largest absolute Gasteiger partial charge is 0.493 e. The maximum absolute atomic E-state index is 12.9. The van der Waals surface area contributed by atoms with Crippen molar-refractivity contribution in [2.24, 2.45) is 0 Å². The Morgan fingerprint density at radius 2 is 1.83 bits per heavy atom. The van der Waals surface area contributed by atoms with Gasteiger partial charge in [0, 0.05) is 34.3 Å². The molecule has 5 rings (SSSR count). The zero-order valence-corrected chi connectivity index (χ0v) is 20.9. The number of rotatable bonds is 6. The van der Waals surface area contributed by atoms with Crippen LogP contribution in [0.4, 0.5) is 5.82 Å². The number of ether oxygens (including phenoxy) is 1. The highest BCUT2D eigenvalue weighted by molar-refractivity contribution is 6.08. The van der Waals surface area contributed by atoms with Crippen LogP contribution >= 0.6 is 0 Å². The molecule has 1 amide bonds. The zero-order valence-electron chi connectivity index (χ0n) is 20.9. The summed E-state index contributed by atoms with van der Waals surface area (Å²) in [6.07, 6.45) is 5.07. The lowest BCUT2D eigenvalue weighted by Crippen LogP contribution is -2.11. The fraction of sp³-hybridized carbons (Fsp3) is 0.161. The lowest BCUT2D eigenvalue weighted by Gasteiger charge is -2.15. The van der Waals surface area contributed by atoms with Gasteiger partial charge < -0.3 is 14.5 Å². The number of furan rings is 1. The first kappa shape index (κ1) is 23.4. The van der Waals surface area contributed by atoms with Crippen LogP contribution in [0.2, 0.25) is 0 Å². The van der Waals surface area contributed by atoms with E-state index in [1.54, 1.807) is 12.3 Å². The molecule has 5 heteroatoms. The molecule has 0 saturated heterocycles. The van der Waals surface area contributed by atoms with Crippen LogP contribution in [0, 0.1) is 13.8 Å². The summed E-state index contributed by atoms with van der Waals surface area (Å²) in [5.41, 5.74) is 6.36. The smallest absolute Gasteiger partial charge is 0.249 e. The molecule has 0 saturated carbocycles. The Morgan fingerprint density at radius 1 is 1.03 bits per heavy atom. The number of nitrogens with zero attached hydrogens (tertiary/aromatic N) is 1. The van der Waals surface area contributed by atoms with Crippen LogP contribution in [0.3, 0.4) is 0 Å². The lowest BCUT2D eigenvalue weighted by molar-refractivity contribution is -0.111. The van der Waals surface area contributed by atoms with Crippen molar-refractivity contribution in [3.8, 4) is 16.9 Å². The summed E-state index contributed by atoms with van der Waals surface area (Å²) in [7, 11) is 0. The summed E-state index contributed by atoms with van der Waals surface area (Å²) >= 11 is 0. The quantitative estimate of drug-likeness (QED) is 0.255. The fourth-order valence-corrected chi connectivity index (χ4v) is 4.65. The molecular formula is C31H28N2O3. The molecule has 5 aromatic rings. The highest BCUT2D eigenvalue weighted by Gasteiger charge is 2.20. The third-order valence-corrected chi connectivity index (χ3v) is 6.44. The van der Waals surface area contributed by atoms with Gasteiger partial charge in [0.25, 0.3) is 0 Å². The number of hydrogen-bond acceptors (Lipinski definition) is 4. The minimum absolute atomic E-state index is 0.240. The maximum Gasteiger partial charge on any atom is 0.249 e. The molecule has 2 aromatic heterocycles. The fourth-order valence-electron chi connectivity index (χ4n) is 4.65. The van der Waals surface area contributed by atoms with Gasteiger partial charge in [-0.1, -0.05) is 48.5 Å². The number of fused-ring (bicyclic) bond motifs is 2. The monoisotopic (exact) mass is 476 g/mol. The van der Waals surface area contributed by atoms with Gasteiger partial charge in [0.05, 0.1) is 12.9 Å². The predicted molar refractivity (Wildman–Crippen MR) is 146 cm³/mol. The Labute approximate surface area is 210 Å². The average Bonchev–Trinajstić information content (AvgIpc) is 3.30. The van der Waals surface area contributed by atoms with Crippen LogP contribution in [0.1, 0.15) is 30.5 Å². The molecule has 1 N–H and O–H groups in total. The SMILES string of the molecule is CCOc1c(/C(C)=C/C(=O)Nc2ncccc2C)cc2c(-c3cccc4ccccc34)coc2c1C. The van der Waals surface area contributed by atoms with E-state index in [9.17, 15) is 4.79 Å². The number of aromatic nitrogens is 1. The molecule has 36 heavy (non-hydrogen) atoms. The highest BCUT2D eigenvalue weighted by atomic mass is 16.5. The van der Waals surface area contributed by atoms with Gasteiger partial charge in [-0.25, -0.2) is 4.98 Å². The van der Waals surface area contributed by atoms with E-state index in [2.05, 4.69) is 46.7 Å². The second kappa shape index (κ2) is 9.70. The molecule has 5 nitrogen and oxygen atoms in total. The summed E-state index contributed by atoms with van der Waals surface area (Å²) in [6, 6.07) is 20.4. The molecule has 180 valence electrons. The summed E-state index contributed by atoms with van der Waals surface area (Å²) in [5, 5.41) is 6.19. The van der Waals surface area contributed by atoms with Crippen LogP contribution in [0.5, 0.6) is 5.75 Å². The van der Waals surface area contributed by atoms with Gasteiger partial charge >= 0.3 is 0 Å². The second-order valence-electron chi connectivity index (χ2n) is 8.85. The number of amides is 1. The van der Waals surface area contributed by atoms with Crippen LogP contribution in [-0.4, -0.2) is 17.5 Å². The molecule has 0 bridgehead atoms. The molecule has 0 aliphatic carbocycles. The van der Waals surface area contributed by atoms with Crippen LogP contribution in [0.15, 0.2) is 83.6 Å². The molecular weight excluding hydrogens is 448 g/mol. The minimum Gasteiger partial charge on any atom is -0.493 e. The van der Waals surface area contributed by atoms with Crippen molar-refractivity contribution < 1.29 is 13.9 Å². The van der Waals surface area contributed by atoms with Gasteiger partial charge in [0.15, 0.2) is 0 Å². The van der Waals surface area contributed by atoms with E-state index in [0.29, 0.717) is 12.4 Å². The van der Waals surface area contributed by atoms with Crippen molar-refractivity contribution in [2.75, 3.05) is 11.9 Å². The maximum atomic E-state index is 12.9. The van der Waals surface area contributed by atoms with Crippen LogP contribution in [0.25, 0.3) is 38.4 Å². The number of anilines is 1. The van der Waals surface area contributed by atoms with Crippen LogP contribution in [-0.2, 0) is 4.79 Å². The average molecular weight is 477 g/mol. The van der Waals surface area contributed by atoms with Crippen molar-refractivity contribution in [3.63, 3.8) is 0 Å². The van der Waals surface area contributed by atoms with E-state index >= 15 is 0 Å². The van der Waals surface area contributed by atoms with E-state index in [4.69, 9.17) is 9.15 Å². The number of hydrogen-bond donors (Lipinski definition) is 1. The standard InChI is InChI=1S/C31H28N2O3/c1-5-35-29-21(4)30-26(27(18-36-30)24-14-8-12-22-11-6-7-13-23(22)24)17-25(29)20(3)16-28(34)33-31-19(2)10-9-15-32-31/h6-18H,5H2,1-4H3,(H,32,33,34)/b20-16+. The Kier molecular flexibility index (Phi) is 6.30. The number of carbonyl (C=O) groups is 1. The Balaban J connectivity index is 1.63. The van der Waals surface area contributed by atoms with E-state index < -0.39 is 0 Å². The third kappa shape index (κ3) is 4.24. The lowest BCUT2D eigenvalue weighted by atomic mass is 9.94. The number of allylic oxidation sites excluding steroid dienone is 1. The molecule has 0 spiro atoms. The number of carbonyl (C=O) groups excluding carboxylic acids is 1. The summed E-state index contributed by atoms with van der Waals surface area (Å²) in [6.45, 7) is 8.29. The normalized spacial score (nSPS) is 11.7. The van der Waals surface area contributed by atoms with Gasteiger partial charge in [-0.05, 0) is 67.3 Å². The molecule has 0 radical (unpaired) electrons. The Hall–Kier alpha value is -4.38. The van der Waals surface area contributed by atoms with E-state index in [-0.39, 0.29) is 5.91 Å². The predicted octanol–water partition coefficient (Wildman–Crippen LogP) is 7.71. The van der Waals surface area contributed by atoms with Gasteiger partial charge in [-0.2, -0.15) is 0 Å². The minimum atomic E-state index is -0.240. The van der Waals surface area contributed by atoms with Crippen molar-refractivity contribution in [3.05, 3.63) is 95.9 Å². The molecule has 0 unspecified atom stereocenters. The molecule has 0 fully saturated rings. The van der Waals surface area contributed by atoms with E-state index in [0.717, 1.165) is 55.5 Å². The van der Waals surface area contributed by atoms with Gasteiger partial charge in [-0.15, -0.1) is 0 Å². The molecule has 0 aliphatic heterocycles.